The van der Waals surface area contributed by atoms with Crippen LogP contribution in [0.3, 0.4) is 0 Å². The number of hydrogen-bond acceptors (Lipinski definition) is 3. The lowest BCUT2D eigenvalue weighted by Gasteiger charge is -2.16. The molecule has 0 unspecified atom stereocenters. The van der Waals surface area contributed by atoms with Gasteiger partial charge in [0, 0.05) is 13.6 Å². The van der Waals surface area contributed by atoms with E-state index in [1.165, 1.54) is 11.3 Å². The van der Waals surface area contributed by atoms with Crippen LogP contribution in [-0.4, -0.2) is 17.9 Å². The average Bonchev–Trinajstić information content (AvgIpc) is 2.92. The summed E-state index contributed by atoms with van der Waals surface area (Å²) in [4.78, 5) is 14.4. The first kappa shape index (κ1) is 12.3. The Bertz CT molecular complexity index is 584. The quantitative estimate of drug-likeness (QED) is 0.847. The van der Waals surface area contributed by atoms with Crippen molar-refractivity contribution in [2.75, 3.05) is 7.05 Å². The Kier molecular flexibility index (Phi) is 3.75. The van der Waals surface area contributed by atoms with Gasteiger partial charge in [-0.2, -0.15) is 5.26 Å². The van der Waals surface area contributed by atoms with Crippen molar-refractivity contribution in [3.63, 3.8) is 0 Å². The molecule has 1 heterocycles. The number of nitrogens with zero attached hydrogens (tertiary/aromatic N) is 2. The van der Waals surface area contributed by atoms with E-state index < -0.39 is 0 Å². The standard InChI is InChI=1S/C14H12N2OS/c1-16(14(17)13-6-3-7-18-13)10-12-5-2-4-11(8-12)9-15/h2-8H,10H2,1H3. The Balaban J connectivity index is 2.09. The molecule has 0 aliphatic rings. The fourth-order valence-corrected chi connectivity index (χ4v) is 2.39. The van der Waals surface area contributed by atoms with Crippen LogP contribution in [0.4, 0.5) is 0 Å². The van der Waals surface area contributed by atoms with E-state index in [-0.39, 0.29) is 5.91 Å². The Morgan fingerprint density at radius 1 is 1.39 bits per heavy atom. The Hall–Kier alpha value is -2.12. The topological polar surface area (TPSA) is 44.1 Å². The molecule has 1 aromatic carbocycles. The molecule has 0 fully saturated rings. The molecule has 2 rings (SSSR count). The molecule has 2 aromatic rings. The highest BCUT2D eigenvalue weighted by molar-refractivity contribution is 7.12. The van der Waals surface area contributed by atoms with Crippen molar-refractivity contribution in [1.82, 2.24) is 4.90 Å². The van der Waals surface area contributed by atoms with Gasteiger partial charge in [0.2, 0.25) is 0 Å². The Morgan fingerprint density at radius 3 is 2.89 bits per heavy atom. The fourth-order valence-electron chi connectivity index (χ4n) is 1.67. The summed E-state index contributed by atoms with van der Waals surface area (Å²) in [6.07, 6.45) is 0. The maximum absolute atomic E-state index is 12.0. The molecule has 0 saturated carbocycles. The molecule has 90 valence electrons. The predicted molar refractivity (Wildman–Crippen MR) is 71.3 cm³/mol. The summed E-state index contributed by atoms with van der Waals surface area (Å²) in [5.41, 5.74) is 1.57. The average molecular weight is 256 g/mol. The van der Waals surface area contributed by atoms with Crippen LogP contribution in [0.25, 0.3) is 0 Å². The molecule has 4 heteroatoms. The molecule has 0 aliphatic heterocycles. The molecule has 0 bridgehead atoms. The highest BCUT2D eigenvalue weighted by atomic mass is 32.1. The van der Waals surface area contributed by atoms with Crippen LogP contribution in [0.1, 0.15) is 20.8 Å². The van der Waals surface area contributed by atoms with Crippen molar-refractivity contribution in [2.24, 2.45) is 0 Å². The number of amides is 1. The van der Waals surface area contributed by atoms with Gasteiger partial charge in [0.05, 0.1) is 16.5 Å². The number of rotatable bonds is 3. The third kappa shape index (κ3) is 2.76. The lowest BCUT2D eigenvalue weighted by atomic mass is 10.1. The summed E-state index contributed by atoms with van der Waals surface area (Å²) >= 11 is 1.43. The van der Waals surface area contributed by atoms with E-state index in [0.717, 1.165) is 10.4 Å². The van der Waals surface area contributed by atoms with Crippen molar-refractivity contribution in [3.05, 3.63) is 57.8 Å². The highest BCUT2D eigenvalue weighted by Gasteiger charge is 2.12. The Labute approximate surface area is 110 Å². The summed E-state index contributed by atoms with van der Waals surface area (Å²) in [6.45, 7) is 0.506. The minimum atomic E-state index is 0.00682. The number of hydrogen-bond donors (Lipinski definition) is 0. The van der Waals surface area contributed by atoms with Crippen molar-refractivity contribution < 1.29 is 4.79 Å². The second kappa shape index (κ2) is 5.48. The maximum atomic E-state index is 12.0. The van der Waals surface area contributed by atoms with Crippen molar-refractivity contribution >= 4 is 17.2 Å². The zero-order valence-corrected chi connectivity index (χ0v) is 10.8. The summed E-state index contributed by atoms with van der Waals surface area (Å²) in [6, 6.07) is 13.1. The first-order valence-corrected chi connectivity index (χ1v) is 6.36. The molecule has 0 radical (unpaired) electrons. The van der Waals surface area contributed by atoms with Gasteiger partial charge in [-0.25, -0.2) is 0 Å². The molecule has 0 N–H and O–H groups in total. The summed E-state index contributed by atoms with van der Waals surface area (Å²) < 4.78 is 0. The molecule has 0 aliphatic carbocycles. The molecule has 1 aromatic heterocycles. The van der Waals surface area contributed by atoms with Crippen LogP contribution in [0.2, 0.25) is 0 Å². The lowest BCUT2D eigenvalue weighted by molar-refractivity contribution is 0.0790. The van der Waals surface area contributed by atoms with Gasteiger partial charge in [-0.3, -0.25) is 4.79 Å². The Morgan fingerprint density at radius 2 is 2.22 bits per heavy atom. The number of carbonyl (C=O) groups is 1. The van der Waals surface area contributed by atoms with Gasteiger partial charge in [0.15, 0.2) is 0 Å². The smallest absolute Gasteiger partial charge is 0.263 e. The molecular weight excluding hydrogens is 244 g/mol. The van der Waals surface area contributed by atoms with Crippen molar-refractivity contribution in [1.29, 1.82) is 5.26 Å². The first-order chi connectivity index (χ1) is 8.70. The van der Waals surface area contributed by atoms with Crippen LogP contribution < -0.4 is 0 Å². The lowest BCUT2D eigenvalue weighted by Crippen LogP contribution is -2.25. The predicted octanol–water partition coefficient (Wildman–Crippen LogP) is 2.89. The molecule has 0 spiro atoms. The zero-order chi connectivity index (χ0) is 13.0. The normalized spacial score (nSPS) is 9.78. The van der Waals surface area contributed by atoms with Gasteiger partial charge in [-0.05, 0) is 29.1 Å². The summed E-state index contributed by atoms with van der Waals surface area (Å²) in [5.74, 6) is 0.00682. The molecule has 1 amide bonds. The highest BCUT2D eigenvalue weighted by Crippen LogP contribution is 2.13. The summed E-state index contributed by atoms with van der Waals surface area (Å²) in [7, 11) is 1.76. The van der Waals surface area contributed by atoms with E-state index in [2.05, 4.69) is 6.07 Å². The number of benzene rings is 1. The van der Waals surface area contributed by atoms with E-state index >= 15 is 0 Å². The molecule has 3 nitrogen and oxygen atoms in total. The van der Waals surface area contributed by atoms with Crippen LogP contribution in [-0.2, 0) is 6.54 Å². The van der Waals surface area contributed by atoms with E-state index in [1.54, 1.807) is 24.1 Å². The monoisotopic (exact) mass is 256 g/mol. The first-order valence-electron chi connectivity index (χ1n) is 5.48. The third-order valence-corrected chi connectivity index (χ3v) is 3.41. The van der Waals surface area contributed by atoms with Gasteiger partial charge in [0.25, 0.3) is 5.91 Å². The van der Waals surface area contributed by atoms with Crippen molar-refractivity contribution in [3.8, 4) is 6.07 Å². The number of carbonyl (C=O) groups excluding carboxylic acids is 1. The van der Waals surface area contributed by atoms with Crippen LogP contribution >= 0.6 is 11.3 Å². The zero-order valence-electron chi connectivity index (χ0n) is 9.96. The second-order valence-electron chi connectivity index (χ2n) is 3.95. The molecule has 0 atom stereocenters. The molecule has 0 saturated heterocycles. The van der Waals surface area contributed by atoms with Crippen molar-refractivity contribution in [2.45, 2.75) is 6.54 Å². The largest absolute Gasteiger partial charge is 0.337 e. The minimum absolute atomic E-state index is 0.00682. The number of thiophene rings is 1. The van der Waals surface area contributed by atoms with Crippen LogP contribution in [0, 0.1) is 11.3 Å². The van der Waals surface area contributed by atoms with Gasteiger partial charge >= 0.3 is 0 Å². The van der Waals surface area contributed by atoms with E-state index in [9.17, 15) is 4.79 Å². The second-order valence-corrected chi connectivity index (χ2v) is 4.90. The SMILES string of the molecule is CN(Cc1cccc(C#N)c1)C(=O)c1cccs1. The van der Waals surface area contributed by atoms with E-state index in [4.69, 9.17) is 5.26 Å². The summed E-state index contributed by atoms with van der Waals surface area (Å²) in [5, 5.41) is 10.7. The van der Waals surface area contributed by atoms with E-state index in [1.807, 2.05) is 29.6 Å². The molecular formula is C14H12N2OS. The van der Waals surface area contributed by atoms with Gasteiger partial charge in [-0.15, -0.1) is 11.3 Å². The third-order valence-electron chi connectivity index (χ3n) is 2.55. The molecule has 18 heavy (non-hydrogen) atoms. The van der Waals surface area contributed by atoms with Gasteiger partial charge in [0.1, 0.15) is 0 Å². The van der Waals surface area contributed by atoms with E-state index in [0.29, 0.717) is 12.1 Å². The fraction of sp³-hybridized carbons (Fsp3) is 0.143. The van der Waals surface area contributed by atoms with Gasteiger partial charge in [-0.1, -0.05) is 18.2 Å². The maximum Gasteiger partial charge on any atom is 0.263 e. The van der Waals surface area contributed by atoms with Crippen LogP contribution in [0.5, 0.6) is 0 Å². The number of nitriles is 1. The van der Waals surface area contributed by atoms with Crippen LogP contribution in [0.15, 0.2) is 41.8 Å². The van der Waals surface area contributed by atoms with Gasteiger partial charge < -0.3 is 4.90 Å². The minimum Gasteiger partial charge on any atom is -0.337 e.